The summed E-state index contributed by atoms with van der Waals surface area (Å²) >= 11 is 3.15. The van der Waals surface area contributed by atoms with E-state index in [4.69, 9.17) is 5.26 Å². The first-order chi connectivity index (χ1) is 9.04. The van der Waals surface area contributed by atoms with Crippen LogP contribution >= 0.6 is 15.9 Å². The quantitative estimate of drug-likeness (QED) is 0.872. The maximum Gasteiger partial charge on any atom is 0.263 e. The van der Waals surface area contributed by atoms with Crippen LogP contribution in [0.3, 0.4) is 0 Å². The van der Waals surface area contributed by atoms with E-state index in [0.29, 0.717) is 10.3 Å². The standard InChI is InChI=1S/C12H8BrN3O2S/c13-12-10(5-3-7-15-12)16-19(17,18)11-6-2-1-4-9(11)8-14/h1-7,16H. The zero-order chi connectivity index (χ0) is 13.9. The molecule has 0 atom stereocenters. The van der Waals surface area contributed by atoms with Gasteiger partial charge in [0.05, 0.1) is 11.3 Å². The number of hydrogen-bond acceptors (Lipinski definition) is 4. The second kappa shape index (κ2) is 5.38. The molecule has 0 aliphatic carbocycles. The third-order valence-corrected chi connectivity index (χ3v) is 4.36. The lowest BCUT2D eigenvalue weighted by molar-refractivity contribution is 0.601. The largest absolute Gasteiger partial charge is 0.277 e. The van der Waals surface area contributed by atoms with Crippen LogP contribution in [0.1, 0.15) is 5.56 Å². The van der Waals surface area contributed by atoms with Gasteiger partial charge < -0.3 is 0 Å². The van der Waals surface area contributed by atoms with Crippen LogP contribution in [-0.2, 0) is 10.0 Å². The minimum atomic E-state index is -3.82. The fourth-order valence-corrected chi connectivity index (χ4v) is 3.16. The minimum Gasteiger partial charge on any atom is -0.277 e. The number of benzene rings is 1. The van der Waals surface area contributed by atoms with Crippen molar-refractivity contribution >= 4 is 31.6 Å². The zero-order valence-corrected chi connectivity index (χ0v) is 11.9. The molecule has 0 unspecified atom stereocenters. The summed E-state index contributed by atoms with van der Waals surface area (Å²) < 4.78 is 27.2. The number of hydrogen-bond donors (Lipinski definition) is 1. The molecular formula is C12H8BrN3O2S. The third kappa shape index (κ3) is 2.92. The molecule has 7 heteroatoms. The zero-order valence-electron chi connectivity index (χ0n) is 9.54. The first kappa shape index (κ1) is 13.5. The molecule has 0 bridgehead atoms. The molecule has 1 aromatic heterocycles. The number of halogens is 1. The summed E-state index contributed by atoms with van der Waals surface area (Å²) in [5, 5.41) is 8.94. The Morgan fingerprint density at radius 2 is 1.95 bits per heavy atom. The van der Waals surface area contributed by atoms with Gasteiger partial charge in [-0.25, -0.2) is 13.4 Å². The van der Waals surface area contributed by atoms with Crippen molar-refractivity contribution in [3.63, 3.8) is 0 Å². The molecule has 0 aliphatic heterocycles. The molecule has 0 radical (unpaired) electrons. The molecular weight excluding hydrogens is 330 g/mol. The molecule has 0 saturated heterocycles. The number of nitrogens with zero attached hydrogens (tertiary/aromatic N) is 2. The smallest absolute Gasteiger partial charge is 0.263 e. The Hall–Kier alpha value is -1.91. The summed E-state index contributed by atoms with van der Waals surface area (Å²) in [7, 11) is -3.82. The first-order valence-corrected chi connectivity index (χ1v) is 7.44. The van der Waals surface area contributed by atoms with Crippen molar-refractivity contribution in [2.45, 2.75) is 4.90 Å². The van der Waals surface area contributed by atoms with E-state index in [2.05, 4.69) is 25.6 Å². The summed E-state index contributed by atoms with van der Waals surface area (Å²) in [5.41, 5.74) is 0.408. The molecule has 0 saturated carbocycles. The van der Waals surface area contributed by atoms with Gasteiger partial charge >= 0.3 is 0 Å². The van der Waals surface area contributed by atoms with Crippen LogP contribution in [-0.4, -0.2) is 13.4 Å². The second-order valence-electron chi connectivity index (χ2n) is 3.56. The number of nitrogens with one attached hydrogen (secondary N) is 1. The van der Waals surface area contributed by atoms with Crippen LogP contribution in [0.25, 0.3) is 0 Å². The maximum absolute atomic E-state index is 12.2. The highest BCUT2D eigenvalue weighted by Crippen LogP contribution is 2.23. The molecule has 96 valence electrons. The topological polar surface area (TPSA) is 82.8 Å². The Morgan fingerprint density at radius 3 is 2.63 bits per heavy atom. The van der Waals surface area contributed by atoms with Crippen LogP contribution in [0.15, 0.2) is 52.1 Å². The van der Waals surface area contributed by atoms with Gasteiger partial charge in [-0.1, -0.05) is 12.1 Å². The summed E-state index contributed by atoms with van der Waals surface area (Å²) in [4.78, 5) is 3.86. The van der Waals surface area contributed by atoms with Crippen LogP contribution < -0.4 is 4.72 Å². The van der Waals surface area contributed by atoms with Crippen LogP contribution in [0, 0.1) is 11.3 Å². The van der Waals surface area contributed by atoms with Gasteiger partial charge in [0.25, 0.3) is 10.0 Å². The predicted octanol–water partition coefficient (Wildman–Crippen LogP) is 2.52. The molecule has 0 fully saturated rings. The van der Waals surface area contributed by atoms with Gasteiger partial charge in [-0.15, -0.1) is 0 Å². The van der Waals surface area contributed by atoms with Crippen LogP contribution in [0.4, 0.5) is 5.69 Å². The Bertz CT molecular complexity index is 754. The van der Waals surface area contributed by atoms with Crippen molar-refractivity contribution in [2.24, 2.45) is 0 Å². The van der Waals surface area contributed by atoms with Crippen LogP contribution in [0.2, 0.25) is 0 Å². The molecule has 0 spiro atoms. The molecule has 1 heterocycles. The van der Waals surface area contributed by atoms with Gasteiger partial charge in [0.15, 0.2) is 0 Å². The molecule has 5 nitrogen and oxygen atoms in total. The number of aromatic nitrogens is 1. The summed E-state index contributed by atoms with van der Waals surface area (Å²) in [6.07, 6.45) is 1.53. The Labute approximate surface area is 119 Å². The fraction of sp³-hybridized carbons (Fsp3) is 0. The van der Waals surface area contributed by atoms with Gasteiger partial charge in [0.2, 0.25) is 0 Å². The number of anilines is 1. The van der Waals surface area contributed by atoms with E-state index < -0.39 is 10.0 Å². The molecule has 19 heavy (non-hydrogen) atoms. The number of sulfonamides is 1. The lowest BCUT2D eigenvalue weighted by Gasteiger charge is -2.09. The Morgan fingerprint density at radius 1 is 1.21 bits per heavy atom. The van der Waals surface area contributed by atoms with E-state index in [1.807, 2.05) is 6.07 Å². The van der Waals surface area contributed by atoms with Crippen LogP contribution in [0.5, 0.6) is 0 Å². The van der Waals surface area contributed by atoms with Gasteiger partial charge in [-0.05, 0) is 40.2 Å². The minimum absolute atomic E-state index is 0.0618. The molecule has 0 aliphatic rings. The van der Waals surface area contributed by atoms with Gasteiger partial charge in [-0.2, -0.15) is 5.26 Å². The van der Waals surface area contributed by atoms with Crippen molar-refractivity contribution in [3.05, 3.63) is 52.8 Å². The second-order valence-corrected chi connectivity index (χ2v) is 5.96. The van der Waals surface area contributed by atoms with E-state index in [9.17, 15) is 8.42 Å². The van der Waals surface area contributed by atoms with E-state index in [1.54, 1.807) is 24.3 Å². The van der Waals surface area contributed by atoms with Gasteiger partial charge in [-0.3, -0.25) is 4.72 Å². The van der Waals surface area contributed by atoms with E-state index >= 15 is 0 Å². The van der Waals surface area contributed by atoms with Crippen molar-refractivity contribution in [1.82, 2.24) is 4.98 Å². The van der Waals surface area contributed by atoms with Crippen molar-refractivity contribution in [1.29, 1.82) is 5.26 Å². The molecule has 1 aromatic carbocycles. The highest BCUT2D eigenvalue weighted by atomic mass is 79.9. The average Bonchev–Trinajstić information content (AvgIpc) is 2.41. The van der Waals surface area contributed by atoms with E-state index in [1.165, 1.54) is 18.3 Å². The molecule has 2 aromatic rings. The number of nitriles is 1. The lowest BCUT2D eigenvalue weighted by atomic mass is 10.2. The lowest BCUT2D eigenvalue weighted by Crippen LogP contribution is -2.14. The molecule has 1 N–H and O–H groups in total. The molecule has 2 rings (SSSR count). The maximum atomic E-state index is 12.2. The number of pyridine rings is 1. The van der Waals surface area contributed by atoms with Crippen molar-refractivity contribution in [3.8, 4) is 6.07 Å². The summed E-state index contributed by atoms with van der Waals surface area (Å²) in [6.45, 7) is 0. The van der Waals surface area contributed by atoms with Gasteiger partial charge in [0.1, 0.15) is 15.6 Å². The fourth-order valence-electron chi connectivity index (χ4n) is 1.46. The van der Waals surface area contributed by atoms with Crippen molar-refractivity contribution in [2.75, 3.05) is 4.72 Å². The Balaban J connectivity index is 2.45. The number of rotatable bonds is 3. The normalized spacial score (nSPS) is 10.7. The van der Waals surface area contributed by atoms with Gasteiger partial charge in [0, 0.05) is 6.20 Å². The SMILES string of the molecule is N#Cc1ccccc1S(=O)(=O)Nc1cccnc1Br. The highest BCUT2D eigenvalue weighted by Gasteiger charge is 2.19. The summed E-state index contributed by atoms with van der Waals surface area (Å²) in [5.74, 6) is 0. The highest BCUT2D eigenvalue weighted by molar-refractivity contribution is 9.10. The first-order valence-electron chi connectivity index (χ1n) is 5.17. The predicted molar refractivity (Wildman–Crippen MR) is 73.9 cm³/mol. The molecule has 0 amide bonds. The van der Waals surface area contributed by atoms with E-state index in [-0.39, 0.29) is 10.5 Å². The average molecular weight is 338 g/mol. The third-order valence-electron chi connectivity index (χ3n) is 2.30. The monoisotopic (exact) mass is 337 g/mol. The van der Waals surface area contributed by atoms with Crippen molar-refractivity contribution < 1.29 is 8.42 Å². The van der Waals surface area contributed by atoms with E-state index in [0.717, 1.165) is 0 Å². The Kier molecular flexibility index (Phi) is 3.83. The summed E-state index contributed by atoms with van der Waals surface area (Å²) in [6, 6.07) is 11.0.